The van der Waals surface area contributed by atoms with Gasteiger partial charge in [-0.25, -0.2) is 22.0 Å². The van der Waals surface area contributed by atoms with E-state index in [0.29, 0.717) is 44.8 Å². The first-order valence-electron chi connectivity index (χ1n) is 18.1. The zero-order valence-corrected chi connectivity index (χ0v) is 28.7. The third kappa shape index (κ3) is 6.77. The molecule has 0 bridgehead atoms. The maximum atomic E-state index is 14.8. The van der Waals surface area contributed by atoms with Gasteiger partial charge >= 0.3 is 0 Å². The van der Waals surface area contributed by atoms with Crippen molar-refractivity contribution in [2.45, 2.75) is 74.0 Å². The van der Waals surface area contributed by atoms with Gasteiger partial charge < -0.3 is 30.1 Å². The van der Waals surface area contributed by atoms with Crippen molar-refractivity contribution in [3.05, 3.63) is 88.7 Å². The summed E-state index contributed by atoms with van der Waals surface area (Å²) in [7, 11) is 1.98. The number of piperidine rings is 1. The number of fused-ring (bicyclic) bond motifs is 5. The van der Waals surface area contributed by atoms with Crippen molar-refractivity contribution >= 4 is 23.0 Å². The third-order valence-corrected chi connectivity index (χ3v) is 11.9. The quantitative estimate of drug-likeness (QED) is 0.285. The summed E-state index contributed by atoms with van der Waals surface area (Å²) in [5, 5.41) is 6.51. The average Bonchev–Trinajstić information content (AvgIpc) is 3.58. The summed E-state index contributed by atoms with van der Waals surface area (Å²) in [6.07, 6.45) is 2.26. The van der Waals surface area contributed by atoms with E-state index in [1.807, 2.05) is 36.2 Å². The number of benzene rings is 3. The Hall–Kier alpha value is -3.90. The second-order valence-electron chi connectivity index (χ2n) is 15.3. The molecular weight excluding hydrogens is 665 g/mol. The Balaban J connectivity index is 0.973. The number of nitrogens with one attached hydrogen (secondary N) is 2. The summed E-state index contributed by atoms with van der Waals surface area (Å²) in [4.78, 5) is 20.1. The molecule has 2 N–H and O–H groups in total. The molecule has 1 spiro atoms. The fourth-order valence-electron chi connectivity index (χ4n) is 9.32. The predicted octanol–water partition coefficient (Wildman–Crippen LogP) is 6.22. The minimum Gasteiger partial charge on any atom is -0.381 e. The lowest BCUT2D eigenvalue weighted by Gasteiger charge is -2.42. The van der Waals surface area contributed by atoms with Gasteiger partial charge in [-0.05, 0) is 103 Å². The number of nitrogens with zero attached hydrogens (tertiary/aromatic N) is 3. The van der Waals surface area contributed by atoms with Gasteiger partial charge in [0.15, 0.2) is 11.6 Å². The molecule has 2 unspecified atom stereocenters. The molecule has 7 nitrogen and oxygen atoms in total. The molecule has 3 aromatic carbocycles. The van der Waals surface area contributed by atoms with Crippen LogP contribution in [0.3, 0.4) is 0 Å². The summed E-state index contributed by atoms with van der Waals surface area (Å²) in [5.74, 6) is -5.14. The average molecular weight is 710 g/mol. The van der Waals surface area contributed by atoms with Crippen molar-refractivity contribution in [3.63, 3.8) is 0 Å². The van der Waals surface area contributed by atoms with Gasteiger partial charge in [-0.2, -0.15) is 0 Å². The smallest absolute Gasteiger partial charge is 0.267 e. The molecule has 5 aliphatic rings. The Bertz CT molecular complexity index is 1800. The number of likely N-dealkylation sites (N-methyl/N-ethyl adjacent to an activating group) is 1. The zero-order valence-electron chi connectivity index (χ0n) is 28.7. The molecule has 0 aromatic heterocycles. The van der Waals surface area contributed by atoms with E-state index < -0.39 is 23.6 Å². The summed E-state index contributed by atoms with van der Waals surface area (Å²) in [6, 6.07) is 14.1. The zero-order chi connectivity index (χ0) is 35.5. The maximum absolute atomic E-state index is 14.8. The number of ether oxygens (including phenoxy) is 1. The normalized spacial score (nSPS) is 25.6. The fourth-order valence-corrected chi connectivity index (χ4v) is 9.32. The number of halogens is 5. The van der Waals surface area contributed by atoms with Crippen LogP contribution in [0, 0.1) is 17.5 Å². The predicted molar refractivity (Wildman–Crippen MR) is 186 cm³/mol. The summed E-state index contributed by atoms with van der Waals surface area (Å²) in [5.41, 5.74) is 4.90. The maximum Gasteiger partial charge on any atom is 0.267 e. The number of morpholine rings is 1. The summed E-state index contributed by atoms with van der Waals surface area (Å²) >= 11 is 0. The minimum atomic E-state index is -2.71. The van der Waals surface area contributed by atoms with Crippen LogP contribution in [0.25, 0.3) is 0 Å². The van der Waals surface area contributed by atoms with Crippen LogP contribution in [0.4, 0.5) is 39.0 Å². The van der Waals surface area contributed by atoms with Gasteiger partial charge in [0, 0.05) is 51.3 Å². The molecule has 0 saturated carbocycles. The first-order valence-corrected chi connectivity index (χ1v) is 18.1. The Labute approximate surface area is 295 Å². The van der Waals surface area contributed by atoms with Crippen LogP contribution < -0.4 is 20.4 Å². The Morgan fingerprint density at radius 1 is 1.00 bits per heavy atom. The Morgan fingerprint density at radius 2 is 1.82 bits per heavy atom. The van der Waals surface area contributed by atoms with Crippen LogP contribution in [0.5, 0.6) is 0 Å². The van der Waals surface area contributed by atoms with E-state index in [0.717, 1.165) is 53.6 Å². The molecule has 8 rings (SSSR count). The van der Waals surface area contributed by atoms with E-state index in [1.165, 1.54) is 18.2 Å². The molecule has 51 heavy (non-hydrogen) atoms. The number of anilines is 3. The van der Waals surface area contributed by atoms with Crippen LogP contribution in [0.15, 0.2) is 54.6 Å². The number of alkyl halides is 2. The van der Waals surface area contributed by atoms with Crippen molar-refractivity contribution < 1.29 is 31.5 Å². The van der Waals surface area contributed by atoms with E-state index in [4.69, 9.17) is 4.74 Å². The van der Waals surface area contributed by atoms with E-state index in [1.54, 1.807) is 6.07 Å². The lowest BCUT2D eigenvalue weighted by atomic mass is 9.73. The van der Waals surface area contributed by atoms with E-state index in [9.17, 15) is 26.7 Å². The van der Waals surface area contributed by atoms with E-state index in [2.05, 4.69) is 20.4 Å². The molecule has 272 valence electrons. The van der Waals surface area contributed by atoms with Crippen LogP contribution in [0.1, 0.15) is 54.7 Å². The van der Waals surface area contributed by atoms with E-state index >= 15 is 0 Å². The molecule has 3 aromatic rings. The van der Waals surface area contributed by atoms with Crippen LogP contribution in [-0.2, 0) is 21.4 Å². The molecule has 4 atom stereocenters. The highest BCUT2D eigenvalue weighted by molar-refractivity contribution is 5.79. The van der Waals surface area contributed by atoms with Crippen molar-refractivity contribution in [3.8, 4) is 0 Å². The van der Waals surface area contributed by atoms with Gasteiger partial charge in [0.1, 0.15) is 5.82 Å². The van der Waals surface area contributed by atoms with Crippen molar-refractivity contribution in [1.29, 1.82) is 0 Å². The molecule has 4 heterocycles. The number of amides is 1. The van der Waals surface area contributed by atoms with Crippen molar-refractivity contribution in [1.82, 2.24) is 10.2 Å². The van der Waals surface area contributed by atoms with Gasteiger partial charge in [0.05, 0.1) is 42.7 Å². The van der Waals surface area contributed by atoms with Crippen LogP contribution >= 0.6 is 0 Å². The van der Waals surface area contributed by atoms with Gasteiger partial charge in [0.25, 0.3) is 5.92 Å². The number of carbonyl (C=O) groups excluding carboxylic acids is 1. The summed E-state index contributed by atoms with van der Waals surface area (Å²) < 4.78 is 77.3. The largest absolute Gasteiger partial charge is 0.381 e. The second kappa shape index (κ2) is 13.3. The number of rotatable bonds is 7. The monoisotopic (exact) mass is 709 g/mol. The highest BCUT2D eigenvalue weighted by Crippen LogP contribution is 2.53. The topological polar surface area (TPSA) is 60.1 Å². The van der Waals surface area contributed by atoms with Crippen molar-refractivity contribution in [2.24, 2.45) is 0 Å². The van der Waals surface area contributed by atoms with E-state index in [-0.39, 0.29) is 61.0 Å². The van der Waals surface area contributed by atoms with Crippen LogP contribution in [-0.4, -0.2) is 87.8 Å². The van der Waals surface area contributed by atoms with Crippen molar-refractivity contribution in [2.75, 3.05) is 68.0 Å². The third-order valence-electron chi connectivity index (χ3n) is 11.9. The fraction of sp³-hybridized carbons (Fsp3) is 0.513. The Morgan fingerprint density at radius 3 is 2.61 bits per heavy atom. The number of carbonyl (C=O) groups is 1. The molecule has 3 fully saturated rings. The molecule has 3 saturated heterocycles. The summed E-state index contributed by atoms with van der Waals surface area (Å²) in [6.45, 7) is 3.51. The minimum absolute atomic E-state index is 0.116. The SMILES string of the molecule is CN1CCOC(C(Cc2ccc(F)c(F)c2)NC(=O)C[C@@H]2CC3(CCN(c4ccc5c(c4)N4CC(F)(F)C[C@H]4CN5)CC3)c3cc(F)ccc32)C1. The molecule has 1 aliphatic carbocycles. The number of hydrogen-bond donors (Lipinski definition) is 2. The lowest BCUT2D eigenvalue weighted by molar-refractivity contribution is -0.124. The molecule has 0 radical (unpaired) electrons. The first-order chi connectivity index (χ1) is 24.4. The van der Waals surface area contributed by atoms with Gasteiger partial charge in [0.2, 0.25) is 5.91 Å². The highest BCUT2D eigenvalue weighted by Gasteiger charge is 2.48. The van der Waals surface area contributed by atoms with Gasteiger partial charge in [-0.15, -0.1) is 0 Å². The first kappa shape index (κ1) is 34.2. The number of hydrogen-bond acceptors (Lipinski definition) is 6. The van der Waals surface area contributed by atoms with Gasteiger partial charge in [-0.3, -0.25) is 4.79 Å². The van der Waals surface area contributed by atoms with Crippen LogP contribution in [0.2, 0.25) is 0 Å². The lowest BCUT2D eigenvalue weighted by Crippen LogP contribution is -2.53. The van der Waals surface area contributed by atoms with Gasteiger partial charge in [-0.1, -0.05) is 12.1 Å². The molecule has 4 aliphatic heterocycles. The molecular formula is C39H44F5N5O2. The standard InChI is InChI=1S/C39H44F5N5O2/c1-47-12-13-51-36(22-47)34(15-24-2-6-31(41)32(42)14-24)46-37(50)16-25-19-38(30-17-26(40)3-5-29(25)30)8-10-48(11-9-38)27-4-7-33-35(18-27)49-23-39(43,44)20-28(49)21-45-33/h2-7,14,17-18,25,28,34,36,45H,8-13,15-16,19-23H2,1H3,(H,46,50)/t25-,28+,34?,36?/m1/s1. The highest BCUT2D eigenvalue weighted by atomic mass is 19.3. The second-order valence-corrected chi connectivity index (χ2v) is 15.3. The molecule has 1 amide bonds. The Kier molecular flexibility index (Phi) is 8.89. The molecule has 12 heteroatoms.